The smallest absolute Gasteiger partial charge is 0.261 e. The van der Waals surface area contributed by atoms with Crippen LogP contribution in [0.5, 0.6) is 5.75 Å². The second-order valence-electron chi connectivity index (χ2n) is 5.41. The Morgan fingerprint density at radius 1 is 1.35 bits per heavy atom. The van der Waals surface area contributed by atoms with Gasteiger partial charge in [0.05, 0.1) is 11.3 Å². The Morgan fingerprint density at radius 3 is 3.10 bits per heavy atom. The highest BCUT2D eigenvalue weighted by Gasteiger charge is 2.19. The molecule has 1 aliphatic heterocycles. The average molecular weight is 273 g/mol. The van der Waals surface area contributed by atoms with Crippen LogP contribution >= 0.6 is 0 Å². The standard InChI is InChI=1S/C15H19N3O2/c1-10(2)6-7-13-17-15(20-18-13)11-4-3-5-12-14(11)19-9-8-16-12/h3-5,10,16H,6-9H2,1-2H3. The second-order valence-corrected chi connectivity index (χ2v) is 5.41. The van der Waals surface area contributed by atoms with Gasteiger partial charge in [0.1, 0.15) is 6.61 Å². The van der Waals surface area contributed by atoms with E-state index in [1.54, 1.807) is 0 Å². The van der Waals surface area contributed by atoms with Crippen LogP contribution < -0.4 is 10.1 Å². The minimum atomic E-state index is 0.532. The largest absolute Gasteiger partial charge is 0.489 e. The second kappa shape index (κ2) is 5.53. The first-order chi connectivity index (χ1) is 9.74. The number of benzene rings is 1. The summed E-state index contributed by atoms with van der Waals surface area (Å²) in [7, 11) is 0. The van der Waals surface area contributed by atoms with Gasteiger partial charge in [-0.05, 0) is 24.5 Å². The van der Waals surface area contributed by atoms with Gasteiger partial charge in [0.2, 0.25) is 0 Å². The molecular weight excluding hydrogens is 254 g/mol. The molecule has 0 spiro atoms. The van der Waals surface area contributed by atoms with Crippen molar-refractivity contribution in [1.29, 1.82) is 0 Å². The quantitative estimate of drug-likeness (QED) is 0.927. The molecule has 0 aliphatic carbocycles. The number of nitrogens with one attached hydrogen (secondary N) is 1. The summed E-state index contributed by atoms with van der Waals surface area (Å²) in [6, 6.07) is 5.91. The van der Waals surface area contributed by atoms with Crippen LogP contribution in [0.25, 0.3) is 11.5 Å². The molecular formula is C15H19N3O2. The van der Waals surface area contributed by atoms with Gasteiger partial charge in [-0.2, -0.15) is 4.98 Å². The molecule has 0 radical (unpaired) electrons. The van der Waals surface area contributed by atoms with E-state index >= 15 is 0 Å². The lowest BCUT2D eigenvalue weighted by Crippen LogP contribution is -2.18. The minimum absolute atomic E-state index is 0.532. The molecule has 1 N–H and O–H groups in total. The van der Waals surface area contributed by atoms with Gasteiger partial charge in [-0.15, -0.1) is 0 Å². The third-order valence-electron chi connectivity index (χ3n) is 3.32. The van der Waals surface area contributed by atoms with Gasteiger partial charge in [0.25, 0.3) is 5.89 Å². The molecule has 1 aromatic heterocycles. The molecule has 20 heavy (non-hydrogen) atoms. The zero-order valence-corrected chi connectivity index (χ0v) is 11.8. The topological polar surface area (TPSA) is 60.2 Å². The monoisotopic (exact) mass is 273 g/mol. The van der Waals surface area contributed by atoms with Crippen LogP contribution in [0.2, 0.25) is 0 Å². The molecule has 0 bridgehead atoms. The SMILES string of the molecule is CC(C)CCc1noc(-c2cccc3c2OCCN3)n1. The fraction of sp³-hybridized carbons (Fsp3) is 0.467. The summed E-state index contributed by atoms with van der Waals surface area (Å²) in [5, 5.41) is 7.36. The van der Waals surface area contributed by atoms with Gasteiger partial charge >= 0.3 is 0 Å². The van der Waals surface area contributed by atoms with Crippen LogP contribution in [-0.4, -0.2) is 23.3 Å². The summed E-state index contributed by atoms with van der Waals surface area (Å²) in [6.45, 7) is 5.85. The van der Waals surface area contributed by atoms with Crippen LogP contribution in [0.1, 0.15) is 26.1 Å². The van der Waals surface area contributed by atoms with Crippen molar-refractivity contribution in [1.82, 2.24) is 10.1 Å². The van der Waals surface area contributed by atoms with Crippen molar-refractivity contribution in [3.05, 3.63) is 24.0 Å². The molecule has 5 heteroatoms. The third-order valence-corrected chi connectivity index (χ3v) is 3.32. The van der Waals surface area contributed by atoms with Crippen LogP contribution in [0.4, 0.5) is 5.69 Å². The van der Waals surface area contributed by atoms with E-state index in [2.05, 4.69) is 29.3 Å². The number of aromatic nitrogens is 2. The van der Waals surface area contributed by atoms with E-state index < -0.39 is 0 Å². The average Bonchev–Trinajstić information content (AvgIpc) is 2.93. The zero-order valence-electron chi connectivity index (χ0n) is 11.8. The van der Waals surface area contributed by atoms with Gasteiger partial charge in [-0.1, -0.05) is 25.1 Å². The minimum Gasteiger partial charge on any atom is -0.489 e. The van der Waals surface area contributed by atoms with E-state index in [9.17, 15) is 0 Å². The number of anilines is 1. The maximum Gasteiger partial charge on any atom is 0.261 e. The third kappa shape index (κ3) is 2.61. The van der Waals surface area contributed by atoms with Gasteiger partial charge in [0.15, 0.2) is 11.6 Å². The Bertz CT molecular complexity index is 593. The van der Waals surface area contributed by atoms with Crippen molar-refractivity contribution in [2.75, 3.05) is 18.5 Å². The summed E-state index contributed by atoms with van der Waals surface area (Å²) in [4.78, 5) is 4.48. The molecule has 0 fully saturated rings. The van der Waals surface area contributed by atoms with Crippen LogP contribution in [0.15, 0.2) is 22.7 Å². The maximum absolute atomic E-state index is 5.73. The van der Waals surface area contributed by atoms with Crippen LogP contribution in [-0.2, 0) is 6.42 Å². The Kier molecular flexibility index (Phi) is 3.58. The van der Waals surface area contributed by atoms with E-state index in [4.69, 9.17) is 9.26 Å². The highest BCUT2D eigenvalue weighted by atomic mass is 16.5. The summed E-state index contributed by atoms with van der Waals surface area (Å²) in [5.74, 6) is 2.73. The molecule has 0 unspecified atom stereocenters. The summed E-state index contributed by atoms with van der Waals surface area (Å²) < 4.78 is 11.1. The van der Waals surface area contributed by atoms with E-state index in [1.807, 2.05) is 18.2 Å². The molecule has 5 nitrogen and oxygen atoms in total. The summed E-state index contributed by atoms with van der Waals surface area (Å²) >= 11 is 0. The predicted molar refractivity (Wildman–Crippen MR) is 76.9 cm³/mol. The maximum atomic E-state index is 5.73. The fourth-order valence-electron chi connectivity index (χ4n) is 2.22. The van der Waals surface area contributed by atoms with Crippen molar-refractivity contribution >= 4 is 5.69 Å². The number of ether oxygens (including phenoxy) is 1. The number of aryl methyl sites for hydroxylation is 1. The first-order valence-electron chi connectivity index (χ1n) is 7.06. The Morgan fingerprint density at radius 2 is 2.25 bits per heavy atom. The molecule has 0 saturated carbocycles. The highest BCUT2D eigenvalue weighted by molar-refractivity contribution is 5.74. The van der Waals surface area contributed by atoms with Gasteiger partial charge in [-0.3, -0.25) is 0 Å². The van der Waals surface area contributed by atoms with Crippen molar-refractivity contribution in [3.8, 4) is 17.2 Å². The lowest BCUT2D eigenvalue weighted by molar-refractivity contribution is 0.322. The molecule has 2 aromatic rings. The molecule has 1 aliphatic rings. The van der Waals surface area contributed by atoms with E-state index in [1.165, 1.54) is 0 Å². The Labute approximate surface area is 118 Å². The van der Waals surface area contributed by atoms with Gasteiger partial charge in [0, 0.05) is 13.0 Å². The Balaban J connectivity index is 1.86. The lowest BCUT2D eigenvalue weighted by atomic mass is 10.1. The summed E-state index contributed by atoms with van der Waals surface area (Å²) in [5.41, 5.74) is 1.84. The number of rotatable bonds is 4. The highest BCUT2D eigenvalue weighted by Crippen LogP contribution is 2.37. The number of fused-ring (bicyclic) bond motifs is 1. The van der Waals surface area contributed by atoms with Crippen molar-refractivity contribution in [2.24, 2.45) is 5.92 Å². The first-order valence-corrected chi connectivity index (χ1v) is 7.06. The Hall–Kier alpha value is -2.04. The molecule has 1 aromatic carbocycles. The normalized spacial score (nSPS) is 13.8. The molecule has 106 valence electrons. The molecule has 0 saturated heterocycles. The van der Waals surface area contributed by atoms with E-state index in [-0.39, 0.29) is 0 Å². The predicted octanol–water partition coefficient (Wildman–Crippen LogP) is 3.13. The van der Waals surface area contributed by atoms with Crippen molar-refractivity contribution in [3.63, 3.8) is 0 Å². The van der Waals surface area contributed by atoms with Crippen molar-refractivity contribution < 1.29 is 9.26 Å². The number of hydrogen-bond acceptors (Lipinski definition) is 5. The number of para-hydroxylation sites is 1. The molecule has 0 atom stereocenters. The van der Waals surface area contributed by atoms with Crippen LogP contribution in [0, 0.1) is 5.92 Å². The fourth-order valence-corrected chi connectivity index (χ4v) is 2.22. The van der Waals surface area contributed by atoms with E-state index in [0.29, 0.717) is 18.4 Å². The number of hydrogen-bond donors (Lipinski definition) is 1. The summed E-state index contributed by atoms with van der Waals surface area (Å²) in [6.07, 6.45) is 1.90. The number of nitrogens with zero attached hydrogens (tertiary/aromatic N) is 2. The van der Waals surface area contributed by atoms with Crippen LogP contribution in [0.3, 0.4) is 0 Å². The van der Waals surface area contributed by atoms with Gasteiger partial charge in [-0.25, -0.2) is 0 Å². The van der Waals surface area contributed by atoms with Gasteiger partial charge < -0.3 is 14.6 Å². The lowest BCUT2D eigenvalue weighted by Gasteiger charge is -2.20. The van der Waals surface area contributed by atoms with Crippen molar-refractivity contribution in [2.45, 2.75) is 26.7 Å². The molecule has 2 heterocycles. The molecule has 0 amide bonds. The van der Waals surface area contributed by atoms with E-state index in [0.717, 1.165) is 42.2 Å². The molecule has 3 rings (SSSR count). The zero-order chi connectivity index (χ0) is 13.9. The first kappa shape index (κ1) is 13.0.